The summed E-state index contributed by atoms with van der Waals surface area (Å²) >= 11 is 11.5. The summed E-state index contributed by atoms with van der Waals surface area (Å²) in [5, 5.41) is 9.99. The molecule has 1 aliphatic rings. The largest absolute Gasteiger partial charge is 0.385 e. The fourth-order valence-electron chi connectivity index (χ4n) is 2.64. The smallest absolute Gasteiger partial charge is 0.225 e. The van der Waals surface area contributed by atoms with Gasteiger partial charge in [-0.05, 0) is 24.4 Å². The maximum atomic E-state index is 14.1. The number of nitrogens with zero attached hydrogens (tertiary/aromatic N) is 4. The van der Waals surface area contributed by atoms with E-state index in [-0.39, 0.29) is 22.5 Å². The SMILES string of the molecule is O[C@@]1(CF)CCCN(c2nc(Cl)nc3c(F)c(Cl)ncc23)C1. The molecule has 0 saturated carbocycles. The minimum atomic E-state index is -1.44. The van der Waals surface area contributed by atoms with Gasteiger partial charge in [0.1, 0.15) is 23.6 Å². The van der Waals surface area contributed by atoms with E-state index < -0.39 is 18.1 Å². The molecule has 0 aromatic carbocycles. The van der Waals surface area contributed by atoms with Crippen LogP contribution in [-0.2, 0) is 0 Å². The summed E-state index contributed by atoms with van der Waals surface area (Å²) in [7, 11) is 0. The number of piperidine rings is 1. The number of rotatable bonds is 2. The first-order valence-electron chi connectivity index (χ1n) is 6.64. The summed E-state index contributed by atoms with van der Waals surface area (Å²) in [4.78, 5) is 13.3. The van der Waals surface area contributed by atoms with Gasteiger partial charge in [0.2, 0.25) is 5.28 Å². The van der Waals surface area contributed by atoms with E-state index in [9.17, 15) is 13.9 Å². The third-order valence-electron chi connectivity index (χ3n) is 3.70. The maximum absolute atomic E-state index is 14.1. The lowest BCUT2D eigenvalue weighted by molar-refractivity contribution is 0.00306. The number of fused-ring (bicyclic) bond motifs is 1. The molecule has 22 heavy (non-hydrogen) atoms. The molecule has 2 aromatic rings. The highest BCUT2D eigenvalue weighted by Gasteiger charge is 2.35. The number of anilines is 1. The molecule has 9 heteroatoms. The lowest BCUT2D eigenvalue weighted by Gasteiger charge is -2.38. The van der Waals surface area contributed by atoms with Gasteiger partial charge in [-0.1, -0.05) is 11.6 Å². The summed E-state index contributed by atoms with van der Waals surface area (Å²) in [5.74, 6) is -0.480. The predicted molar refractivity (Wildman–Crippen MR) is 79.7 cm³/mol. The normalized spacial score (nSPS) is 22.3. The molecule has 3 rings (SSSR count). The Kier molecular flexibility index (Phi) is 4.05. The van der Waals surface area contributed by atoms with Crippen molar-refractivity contribution in [2.24, 2.45) is 0 Å². The highest BCUT2D eigenvalue weighted by atomic mass is 35.5. The fraction of sp³-hybridized carbons (Fsp3) is 0.462. The first kappa shape index (κ1) is 15.6. The molecule has 0 amide bonds. The summed E-state index contributed by atoms with van der Waals surface area (Å²) in [5.41, 5.74) is -1.50. The second-order valence-electron chi connectivity index (χ2n) is 5.32. The summed E-state index contributed by atoms with van der Waals surface area (Å²) in [6, 6.07) is 0. The van der Waals surface area contributed by atoms with Crippen molar-refractivity contribution in [1.29, 1.82) is 0 Å². The van der Waals surface area contributed by atoms with Gasteiger partial charge in [0.05, 0.1) is 11.9 Å². The lowest BCUT2D eigenvalue weighted by atomic mass is 9.94. The Bertz CT molecular complexity index is 733. The first-order chi connectivity index (χ1) is 10.4. The van der Waals surface area contributed by atoms with Crippen LogP contribution in [0.3, 0.4) is 0 Å². The minimum absolute atomic E-state index is 0.0379. The van der Waals surface area contributed by atoms with Crippen LogP contribution in [0.2, 0.25) is 10.4 Å². The van der Waals surface area contributed by atoms with Crippen LogP contribution in [0.1, 0.15) is 12.8 Å². The van der Waals surface area contributed by atoms with Crippen molar-refractivity contribution >= 4 is 39.9 Å². The van der Waals surface area contributed by atoms with Crippen LogP contribution in [0.15, 0.2) is 6.20 Å². The zero-order valence-corrected chi connectivity index (χ0v) is 12.9. The van der Waals surface area contributed by atoms with E-state index in [1.165, 1.54) is 6.20 Å². The zero-order chi connectivity index (χ0) is 15.9. The number of hydrogen-bond acceptors (Lipinski definition) is 5. The van der Waals surface area contributed by atoms with E-state index in [1.807, 2.05) is 0 Å². The van der Waals surface area contributed by atoms with Gasteiger partial charge >= 0.3 is 0 Å². The number of β-amino-alcohol motifs (C(OH)–C–C–N with tert-alkyl or cyclic N) is 1. The van der Waals surface area contributed by atoms with E-state index in [4.69, 9.17) is 23.2 Å². The van der Waals surface area contributed by atoms with Crippen molar-refractivity contribution < 1.29 is 13.9 Å². The van der Waals surface area contributed by atoms with Crippen molar-refractivity contribution in [2.45, 2.75) is 18.4 Å². The van der Waals surface area contributed by atoms with E-state index in [0.29, 0.717) is 30.6 Å². The first-order valence-corrected chi connectivity index (χ1v) is 7.40. The molecule has 5 nitrogen and oxygen atoms in total. The number of aliphatic hydroxyl groups is 1. The van der Waals surface area contributed by atoms with Gasteiger partial charge in [-0.25, -0.2) is 18.7 Å². The average molecular weight is 349 g/mol. The Labute approximate surface area is 134 Å². The summed E-state index contributed by atoms with van der Waals surface area (Å²) in [6.45, 7) is -0.288. The summed E-state index contributed by atoms with van der Waals surface area (Å²) in [6.07, 6.45) is 2.28. The monoisotopic (exact) mass is 348 g/mol. The molecule has 0 bridgehead atoms. The van der Waals surface area contributed by atoms with Gasteiger partial charge in [0.15, 0.2) is 11.0 Å². The molecule has 118 valence electrons. The molecular formula is C13H12Cl2F2N4O. The number of hydrogen-bond donors (Lipinski definition) is 1. The van der Waals surface area contributed by atoms with Gasteiger partial charge < -0.3 is 10.0 Å². The standard InChI is InChI=1S/C13H12Cl2F2N4O/c14-10-8(17)9-7(4-18-10)11(20-12(15)19-9)21-3-1-2-13(22,5-16)6-21/h4,22H,1-3,5-6H2/t13-/m1/s1. The van der Waals surface area contributed by atoms with Gasteiger partial charge in [-0.15, -0.1) is 0 Å². The Hall–Kier alpha value is -1.31. The molecule has 3 heterocycles. The number of aromatic nitrogens is 3. The van der Waals surface area contributed by atoms with Crippen LogP contribution in [0, 0.1) is 5.82 Å². The average Bonchev–Trinajstić information content (AvgIpc) is 2.51. The molecule has 1 aliphatic heterocycles. The van der Waals surface area contributed by atoms with E-state index in [2.05, 4.69) is 15.0 Å². The molecule has 1 saturated heterocycles. The third kappa shape index (κ3) is 2.68. The predicted octanol–water partition coefficient (Wildman–Crippen LogP) is 2.77. The second kappa shape index (κ2) is 5.72. The topological polar surface area (TPSA) is 62.1 Å². The van der Waals surface area contributed by atoms with E-state index in [1.54, 1.807) is 4.90 Å². The van der Waals surface area contributed by atoms with Crippen LogP contribution in [0.25, 0.3) is 10.9 Å². The molecule has 1 atom stereocenters. The van der Waals surface area contributed by atoms with Crippen LogP contribution >= 0.6 is 23.2 Å². The third-order valence-corrected chi connectivity index (χ3v) is 4.13. The van der Waals surface area contributed by atoms with Crippen molar-refractivity contribution in [3.05, 3.63) is 22.5 Å². The number of pyridine rings is 1. The van der Waals surface area contributed by atoms with Gasteiger partial charge in [0.25, 0.3) is 0 Å². The molecule has 0 aliphatic carbocycles. The lowest BCUT2D eigenvalue weighted by Crippen LogP contribution is -2.50. The zero-order valence-electron chi connectivity index (χ0n) is 11.4. The van der Waals surface area contributed by atoms with Crippen LogP contribution < -0.4 is 4.90 Å². The molecule has 0 unspecified atom stereocenters. The van der Waals surface area contributed by atoms with E-state index >= 15 is 0 Å². The quantitative estimate of drug-likeness (QED) is 0.667. The highest BCUT2D eigenvalue weighted by Crippen LogP contribution is 2.32. The molecule has 1 N–H and O–H groups in total. The molecule has 2 aromatic heterocycles. The number of halogens is 4. The Morgan fingerprint density at radius 1 is 1.36 bits per heavy atom. The molecule has 1 fully saturated rings. The minimum Gasteiger partial charge on any atom is -0.385 e. The molecule has 0 spiro atoms. The van der Waals surface area contributed by atoms with Crippen molar-refractivity contribution in [2.75, 3.05) is 24.7 Å². The molecular weight excluding hydrogens is 337 g/mol. The Morgan fingerprint density at radius 3 is 2.86 bits per heavy atom. The van der Waals surface area contributed by atoms with E-state index in [0.717, 1.165) is 0 Å². The second-order valence-corrected chi connectivity index (χ2v) is 6.02. The molecule has 0 radical (unpaired) electrons. The van der Waals surface area contributed by atoms with Gasteiger partial charge in [-0.3, -0.25) is 0 Å². The van der Waals surface area contributed by atoms with Gasteiger partial charge in [0, 0.05) is 12.7 Å². The van der Waals surface area contributed by atoms with Crippen molar-refractivity contribution in [1.82, 2.24) is 15.0 Å². The van der Waals surface area contributed by atoms with Crippen molar-refractivity contribution in [3.63, 3.8) is 0 Å². The highest BCUT2D eigenvalue weighted by molar-refractivity contribution is 6.30. The Balaban J connectivity index is 2.12. The Morgan fingerprint density at radius 2 is 2.14 bits per heavy atom. The fourth-order valence-corrected chi connectivity index (χ4v) is 2.94. The van der Waals surface area contributed by atoms with Crippen LogP contribution in [0.5, 0.6) is 0 Å². The number of alkyl halides is 1. The van der Waals surface area contributed by atoms with Crippen LogP contribution in [0.4, 0.5) is 14.6 Å². The van der Waals surface area contributed by atoms with Crippen molar-refractivity contribution in [3.8, 4) is 0 Å². The van der Waals surface area contributed by atoms with Gasteiger partial charge in [-0.2, -0.15) is 4.98 Å². The maximum Gasteiger partial charge on any atom is 0.225 e. The van der Waals surface area contributed by atoms with Crippen LogP contribution in [-0.4, -0.2) is 45.4 Å². The summed E-state index contributed by atoms with van der Waals surface area (Å²) < 4.78 is 27.1.